The van der Waals surface area contributed by atoms with Crippen LogP contribution in [0, 0.1) is 10.1 Å². The van der Waals surface area contributed by atoms with Gasteiger partial charge in [0.05, 0.1) is 10.0 Å². The zero-order valence-corrected chi connectivity index (χ0v) is 8.35. The van der Waals surface area contributed by atoms with E-state index in [4.69, 9.17) is 0 Å². The van der Waals surface area contributed by atoms with Crippen molar-refractivity contribution in [1.29, 1.82) is 0 Å². The lowest BCUT2D eigenvalue weighted by molar-refractivity contribution is -0.473. The summed E-state index contributed by atoms with van der Waals surface area (Å²) in [6.07, 6.45) is 2.58. The molecule has 0 spiro atoms. The second-order valence-electron chi connectivity index (χ2n) is 3.12. The molecule has 1 heterocycles. The van der Waals surface area contributed by atoms with Crippen LogP contribution in [-0.2, 0) is 0 Å². The minimum atomic E-state index is 0.436. The fourth-order valence-corrected chi connectivity index (χ4v) is 1.19. The summed E-state index contributed by atoms with van der Waals surface area (Å²) >= 11 is 0. The molecule has 0 aliphatic rings. The van der Waals surface area contributed by atoms with Gasteiger partial charge in [0.15, 0.2) is 4.87 Å². The van der Waals surface area contributed by atoms with E-state index in [-0.39, 0.29) is 0 Å². The maximum absolute atomic E-state index is 11.6. The van der Waals surface area contributed by atoms with Crippen LogP contribution in [0.2, 0.25) is 0 Å². The molecule has 1 aromatic carbocycles. The molecule has 0 N–H and O–H groups in total. The third kappa shape index (κ3) is 2.33. The molecule has 80 valence electrons. The standard InChI is InChI=1S/C11H9N3O2/c15-13-8-6-10(7-9-13)12-14(16)11-4-2-1-3-5-11/h1-9H. The Kier molecular flexibility index (Phi) is 2.77. The average Bonchev–Trinajstić information content (AvgIpc) is 2.33. The maximum atomic E-state index is 11.6. The quantitative estimate of drug-likeness (QED) is 0.566. The maximum Gasteiger partial charge on any atom is 0.294 e. The van der Waals surface area contributed by atoms with Crippen LogP contribution in [0.1, 0.15) is 0 Å². The van der Waals surface area contributed by atoms with E-state index in [0.29, 0.717) is 20.6 Å². The number of hydrogen-bond acceptors (Lipinski definition) is 2. The largest absolute Gasteiger partial charge is 0.806 e. The van der Waals surface area contributed by atoms with Crippen LogP contribution in [-0.4, -0.2) is 9.60 Å². The SMILES string of the molecule is O=[N+](N=c1ccn([O-])cc1)c1ccccc1. The molecule has 0 atom stereocenters. The minimum absolute atomic E-state index is 0.436. The first-order valence-corrected chi connectivity index (χ1v) is 4.68. The van der Waals surface area contributed by atoms with E-state index in [0.717, 1.165) is 0 Å². The number of hydrogen-bond donors (Lipinski definition) is 0. The van der Waals surface area contributed by atoms with E-state index >= 15 is 0 Å². The summed E-state index contributed by atoms with van der Waals surface area (Å²) in [4.78, 5) is 12.1. The lowest BCUT2D eigenvalue weighted by Gasteiger charge is -2.05. The van der Waals surface area contributed by atoms with Crippen LogP contribution in [0.25, 0.3) is 0 Å². The van der Waals surface area contributed by atoms with Gasteiger partial charge in [0.1, 0.15) is 5.36 Å². The molecule has 1 aromatic heterocycles. The molecule has 5 nitrogen and oxygen atoms in total. The van der Waals surface area contributed by atoms with Gasteiger partial charge in [-0.3, -0.25) is 0 Å². The van der Waals surface area contributed by atoms with Gasteiger partial charge >= 0.3 is 0 Å². The van der Waals surface area contributed by atoms with Crippen LogP contribution in [0.15, 0.2) is 60.0 Å². The van der Waals surface area contributed by atoms with Crippen molar-refractivity contribution in [2.24, 2.45) is 5.10 Å². The second kappa shape index (κ2) is 4.39. The number of nitroso groups, excluding NO2 is 1. The molecule has 5 heteroatoms. The van der Waals surface area contributed by atoms with Crippen LogP contribution >= 0.6 is 0 Å². The van der Waals surface area contributed by atoms with Gasteiger partial charge in [-0.1, -0.05) is 18.2 Å². The van der Waals surface area contributed by atoms with Crippen LogP contribution < -0.4 is 5.36 Å². The van der Waals surface area contributed by atoms with Gasteiger partial charge in [-0.2, -0.15) is 0 Å². The van der Waals surface area contributed by atoms with Gasteiger partial charge in [-0.05, 0) is 12.1 Å². The van der Waals surface area contributed by atoms with Crippen molar-refractivity contribution >= 4 is 5.69 Å². The van der Waals surface area contributed by atoms with Gasteiger partial charge in [-0.15, -0.1) is 0 Å². The van der Waals surface area contributed by atoms with Crippen LogP contribution in [0.4, 0.5) is 5.69 Å². The smallest absolute Gasteiger partial charge is 0.294 e. The number of aromatic nitrogens is 1. The lowest BCUT2D eigenvalue weighted by Crippen LogP contribution is -2.06. The van der Waals surface area contributed by atoms with E-state index in [9.17, 15) is 10.1 Å². The normalized spacial score (nSPS) is 9.75. The molecule has 0 fully saturated rings. The molecule has 0 bridgehead atoms. The first kappa shape index (κ1) is 10.1. The highest BCUT2D eigenvalue weighted by Crippen LogP contribution is 2.08. The van der Waals surface area contributed by atoms with Gasteiger partial charge in [0.2, 0.25) is 0 Å². The number of para-hydroxylation sites is 1. The van der Waals surface area contributed by atoms with Crippen molar-refractivity contribution in [2.45, 2.75) is 0 Å². The lowest BCUT2D eigenvalue weighted by atomic mass is 10.3. The Hall–Kier alpha value is -2.43. The molecule has 2 aromatic rings. The Balaban J connectivity index is 2.31. The molecule has 0 aliphatic heterocycles. The van der Waals surface area contributed by atoms with Crippen molar-refractivity contribution in [3.05, 3.63) is 70.3 Å². The van der Waals surface area contributed by atoms with E-state index in [1.807, 2.05) is 6.07 Å². The fraction of sp³-hybridized carbons (Fsp3) is 0. The van der Waals surface area contributed by atoms with E-state index < -0.39 is 0 Å². The Bertz CT molecular complexity index is 540. The fourth-order valence-electron chi connectivity index (χ4n) is 1.19. The van der Waals surface area contributed by atoms with Gasteiger partial charge < -0.3 is 9.94 Å². The van der Waals surface area contributed by atoms with Gasteiger partial charge in [0, 0.05) is 24.5 Å². The predicted molar refractivity (Wildman–Crippen MR) is 58.5 cm³/mol. The summed E-state index contributed by atoms with van der Waals surface area (Å²) in [6.45, 7) is 0. The van der Waals surface area contributed by atoms with Crippen molar-refractivity contribution in [3.63, 3.8) is 0 Å². The first-order valence-electron chi connectivity index (χ1n) is 4.68. The topological polar surface area (TPSA) is 60.4 Å². The molecule has 0 aliphatic carbocycles. The summed E-state index contributed by atoms with van der Waals surface area (Å²) in [6, 6.07) is 11.6. The van der Waals surface area contributed by atoms with E-state index in [2.05, 4.69) is 5.10 Å². The zero-order valence-electron chi connectivity index (χ0n) is 8.35. The number of rotatable bonds is 2. The number of benzene rings is 1. The highest BCUT2D eigenvalue weighted by atomic mass is 16.5. The Morgan fingerprint density at radius 1 is 1.06 bits per heavy atom. The van der Waals surface area contributed by atoms with Crippen molar-refractivity contribution < 1.29 is 4.87 Å². The molecule has 0 amide bonds. The monoisotopic (exact) mass is 215 g/mol. The summed E-state index contributed by atoms with van der Waals surface area (Å²) in [5, 5.41) is 15.0. The molecular weight excluding hydrogens is 206 g/mol. The molecule has 0 unspecified atom stereocenters. The third-order valence-corrected chi connectivity index (χ3v) is 1.97. The Morgan fingerprint density at radius 3 is 2.31 bits per heavy atom. The van der Waals surface area contributed by atoms with E-state index in [1.165, 1.54) is 24.5 Å². The van der Waals surface area contributed by atoms with Crippen molar-refractivity contribution in [1.82, 2.24) is 4.73 Å². The summed E-state index contributed by atoms with van der Waals surface area (Å²) in [5.74, 6) is 0. The average molecular weight is 215 g/mol. The summed E-state index contributed by atoms with van der Waals surface area (Å²) in [7, 11) is 0. The third-order valence-electron chi connectivity index (χ3n) is 1.97. The van der Waals surface area contributed by atoms with Crippen molar-refractivity contribution in [3.8, 4) is 0 Å². The highest BCUT2D eigenvalue weighted by Gasteiger charge is 2.09. The van der Waals surface area contributed by atoms with Crippen LogP contribution in [0.5, 0.6) is 0 Å². The molecule has 16 heavy (non-hydrogen) atoms. The molecule has 2 rings (SSSR count). The van der Waals surface area contributed by atoms with Gasteiger partial charge in [-0.25, -0.2) is 0 Å². The van der Waals surface area contributed by atoms with Crippen LogP contribution in [0.3, 0.4) is 0 Å². The highest BCUT2D eigenvalue weighted by molar-refractivity contribution is 5.27. The zero-order chi connectivity index (χ0) is 11.4. The Labute approximate surface area is 91.4 Å². The number of pyridine rings is 1. The van der Waals surface area contributed by atoms with Gasteiger partial charge in [0.25, 0.3) is 5.69 Å². The first-order chi connectivity index (χ1) is 7.75. The minimum Gasteiger partial charge on any atom is -0.806 e. The number of nitrogens with zero attached hydrogens (tertiary/aromatic N) is 3. The molecule has 0 saturated heterocycles. The van der Waals surface area contributed by atoms with E-state index in [1.54, 1.807) is 24.3 Å². The van der Waals surface area contributed by atoms with Crippen molar-refractivity contribution in [2.75, 3.05) is 0 Å². The second-order valence-corrected chi connectivity index (χ2v) is 3.12. The summed E-state index contributed by atoms with van der Waals surface area (Å²) < 4.78 is 0.636. The summed E-state index contributed by atoms with van der Waals surface area (Å²) in [5.41, 5.74) is 0.446. The molecule has 0 saturated carbocycles. The Morgan fingerprint density at radius 2 is 1.69 bits per heavy atom. The molecular formula is C11H9N3O2. The predicted octanol–water partition coefficient (Wildman–Crippen LogP) is 1.76. The molecule has 0 radical (unpaired) electrons.